The number of amides is 2. The number of primary amides is 2. The molecule has 0 aromatic carbocycles. The largest absolute Gasteiger partial charge is 0.470 e. The van der Waals surface area contributed by atoms with Crippen LogP contribution >= 0.6 is 46.9 Å². The van der Waals surface area contributed by atoms with Gasteiger partial charge < -0.3 is 70.2 Å². The van der Waals surface area contributed by atoms with E-state index in [2.05, 4.69) is 38.6 Å². The fourth-order valence-electron chi connectivity index (χ4n) is 2.79. The van der Waals surface area contributed by atoms with Crippen LogP contribution in [-0.4, -0.2) is 101 Å². The average Bonchev–Trinajstić information content (AvgIpc) is 2.57. The summed E-state index contributed by atoms with van der Waals surface area (Å²) in [5, 5.41) is 0. The maximum absolute atomic E-state index is 11.4. The summed E-state index contributed by atoms with van der Waals surface area (Å²) in [5.41, 5.74) is 8.50. The van der Waals surface area contributed by atoms with Crippen molar-refractivity contribution in [2.45, 2.75) is 36.6 Å². The van der Waals surface area contributed by atoms with Crippen LogP contribution in [0.4, 0.5) is 4.79 Å². The molecule has 0 aromatic heterocycles. The summed E-state index contributed by atoms with van der Waals surface area (Å²) in [6.45, 7) is 0. The first-order valence-corrected chi connectivity index (χ1v) is 18.0. The number of phosphoric acid groups is 6. The van der Waals surface area contributed by atoms with Gasteiger partial charge in [-0.2, -0.15) is 0 Å². The van der Waals surface area contributed by atoms with Crippen LogP contribution in [0.3, 0.4) is 0 Å². The highest BCUT2D eigenvalue weighted by atomic mass is 31.2. The van der Waals surface area contributed by atoms with Crippen LogP contribution in [0.15, 0.2) is 0 Å². The topological polar surface area (TPSA) is 470 Å². The van der Waals surface area contributed by atoms with Crippen molar-refractivity contribution in [2.24, 2.45) is 11.5 Å². The molecule has 40 heavy (non-hydrogen) atoms. The Morgan fingerprint density at radius 3 is 0.500 bits per heavy atom. The maximum atomic E-state index is 11.4. The molecule has 1 fully saturated rings. The Labute approximate surface area is 219 Å². The third-order valence-electron chi connectivity index (χ3n) is 3.50. The molecule has 0 heterocycles. The molecular formula is C7H22N2O25P6. The molecule has 0 spiro atoms. The molecule has 0 saturated heterocycles. The molecule has 240 valence electrons. The molecule has 0 aromatic rings. The summed E-state index contributed by atoms with van der Waals surface area (Å²) in [7, 11) is -36.1. The monoisotopic (exact) mass is 720 g/mol. The number of carbonyl (C=O) groups excluding carboxylic acids is 1. The molecule has 16 N–H and O–H groups in total. The lowest BCUT2D eigenvalue weighted by Gasteiger charge is -2.48. The Morgan fingerprint density at radius 1 is 0.375 bits per heavy atom. The molecule has 1 aliphatic rings. The molecule has 0 atom stereocenters. The van der Waals surface area contributed by atoms with Gasteiger partial charge in [-0.25, -0.2) is 32.2 Å². The van der Waals surface area contributed by atoms with Crippen molar-refractivity contribution in [3.8, 4) is 0 Å². The van der Waals surface area contributed by atoms with Crippen LogP contribution in [0, 0.1) is 0 Å². The van der Waals surface area contributed by atoms with E-state index in [0.717, 1.165) is 0 Å². The van der Waals surface area contributed by atoms with Crippen LogP contribution < -0.4 is 11.5 Å². The number of hydrogen-bond donors (Lipinski definition) is 14. The summed E-state index contributed by atoms with van der Waals surface area (Å²) >= 11 is 0. The molecule has 0 unspecified atom stereocenters. The van der Waals surface area contributed by atoms with Gasteiger partial charge in [0.2, 0.25) is 0 Å². The van der Waals surface area contributed by atoms with Gasteiger partial charge in [0, 0.05) is 0 Å². The van der Waals surface area contributed by atoms with Gasteiger partial charge in [0.15, 0.2) is 0 Å². The minimum atomic E-state index is -6.02. The average molecular weight is 720 g/mol. The third kappa shape index (κ3) is 17.8. The van der Waals surface area contributed by atoms with Crippen molar-refractivity contribution >= 4 is 53.0 Å². The number of phosphoric ester groups is 6. The zero-order valence-corrected chi connectivity index (χ0v) is 23.8. The molecule has 1 rings (SSSR count). The van der Waals surface area contributed by atoms with Crippen molar-refractivity contribution in [3.05, 3.63) is 0 Å². The lowest BCUT2D eigenvalue weighted by Crippen LogP contribution is -2.66. The van der Waals surface area contributed by atoms with E-state index in [1.165, 1.54) is 0 Å². The van der Waals surface area contributed by atoms with E-state index in [1.807, 2.05) is 0 Å². The molecule has 1 saturated carbocycles. The van der Waals surface area contributed by atoms with E-state index in [-0.39, 0.29) is 0 Å². The second kappa shape index (κ2) is 14.1. The zero-order valence-electron chi connectivity index (χ0n) is 18.5. The Morgan fingerprint density at radius 2 is 0.450 bits per heavy atom. The molecule has 33 heteroatoms. The minimum absolute atomic E-state index is 0.833. The molecule has 2 amide bonds. The second-order valence-electron chi connectivity index (χ2n) is 6.77. The normalized spacial score (nSPS) is 27.0. The van der Waals surface area contributed by atoms with Crippen LogP contribution in [0.5, 0.6) is 0 Å². The van der Waals surface area contributed by atoms with Gasteiger partial charge in [-0.15, -0.1) is 0 Å². The SMILES string of the molecule is NC(N)=O.O=P(O)(O)OC1C(OP(=O)(O)O)C(OP(=O)(O)O)C(OP(=O)(O)O)C(OP(=O)(O)O)C1OP(=O)(O)O. The summed E-state index contributed by atoms with van der Waals surface area (Å²) in [4.78, 5) is 119. The van der Waals surface area contributed by atoms with E-state index in [9.17, 15) is 27.4 Å². The Hall–Kier alpha value is -0.0700. The number of nitrogens with two attached hydrogens (primary N) is 2. The lowest BCUT2D eigenvalue weighted by molar-refractivity contribution is -0.202. The van der Waals surface area contributed by atoms with Gasteiger partial charge in [-0.05, 0) is 0 Å². The predicted octanol–water partition coefficient (Wildman–Crippen LogP) is -4.11. The first kappa shape index (κ1) is 39.9. The van der Waals surface area contributed by atoms with E-state index >= 15 is 0 Å². The summed E-state index contributed by atoms with van der Waals surface area (Å²) < 4.78 is 93.1. The van der Waals surface area contributed by atoms with E-state index < -0.39 is 89.6 Å². The summed E-state index contributed by atoms with van der Waals surface area (Å²) in [6, 6.07) is -0.833. The molecular weight excluding hydrogens is 698 g/mol. The van der Waals surface area contributed by atoms with Gasteiger partial charge in [0.05, 0.1) is 0 Å². The zero-order chi connectivity index (χ0) is 32.3. The minimum Gasteiger partial charge on any atom is -0.352 e. The molecule has 0 aliphatic heterocycles. The van der Waals surface area contributed by atoms with E-state index in [4.69, 9.17) is 63.5 Å². The van der Waals surface area contributed by atoms with E-state index in [0.29, 0.717) is 0 Å². The predicted molar refractivity (Wildman–Crippen MR) is 115 cm³/mol. The van der Waals surface area contributed by atoms with Crippen LogP contribution in [0.25, 0.3) is 0 Å². The van der Waals surface area contributed by atoms with Crippen LogP contribution in [-0.2, 0) is 54.5 Å². The highest BCUT2D eigenvalue weighted by Gasteiger charge is 2.62. The highest BCUT2D eigenvalue weighted by molar-refractivity contribution is 7.47. The Bertz CT molecular complexity index is 919. The molecule has 0 bridgehead atoms. The van der Waals surface area contributed by atoms with Gasteiger partial charge in [-0.3, -0.25) is 27.1 Å². The van der Waals surface area contributed by atoms with Gasteiger partial charge in [0.25, 0.3) is 0 Å². The molecule has 1 aliphatic carbocycles. The molecule has 27 nitrogen and oxygen atoms in total. The van der Waals surface area contributed by atoms with Crippen molar-refractivity contribution in [1.29, 1.82) is 0 Å². The number of rotatable bonds is 12. The van der Waals surface area contributed by atoms with Crippen molar-refractivity contribution in [1.82, 2.24) is 0 Å². The van der Waals surface area contributed by atoms with Crippen LogP contribution in [0.1, 0.15) is 0 Å². The summed E-state index contributed by atoms with van der Waals surface area (Å²) in [5.74, 6) is 0. The smallest absolute Gasteiger partial charge is 0.352 e. The Kier molecular flexibility index (Phi) is 14.1. The second-order valence-corrected chi connectivity index (χ2v) is 13.9. The fourth-order valence-corrected chi connectivity index (χ4v) is 6.14. The lowest BCUT2D eigenvalue weighted by atomic mass is 9.85. The number of hydrogen-bond acceptors (Lipinski definition) is 13. The first-order chi connectivity index (χ1) is 17.3. The van der Waals surface area contributed by atoms with Gasteiger partial charge in [-0.1, -0.05) is 0 Å². The fraction of sp³-hybridized carbons (Fsp3) is 0.857. The summed E-state index contributed by atoms with van der Waals surface area (Å²) in [6.07, 6.45) is -18.9. The number of urea groups is 1. The maximum Gasteiger partial charge on any atom is 0.470 e. The van der Waals surface area contributed by atoms with E-state index in [1.54, 1.807) is 0 Å². The third-order valence-corrected chi connectivity index (χ3v) is 6.61. The van der Waals surface area contributed by atoms with Crippen molar-refractivity contribution in [3.63, 3.8) is 0 Å². The number of carbonyl (C=O) groups is 1. The van der Waals surface area contributed by atoms with Crippen molar-refractivity contribution in [2.75, 3.05) is 0 Å². The Balaban J connectivity index is 0.00000354. The first-order valence-electron chi connectivity index (χ1n) is 8.79. The molecule has 0 radical (unpaired) electrons. The highest BCUT2D eigenvalue weighted by Crippen LogP contribution is 2.57. The van der Waals surface area contributed by atoms with Crippen molar-refractivity contribution < 1.29 is 118 Å². The van der Waals surface area contributed by atoms with Gasteiger partial charge >= 0.3 is 53.0 Å². The van der Waals surface area contributed by atoms with Crippen LogP contribution in [0.2, 0.25) is 0 Å². The standard InChI is InChI=1S/C6H18O24P6.CH4N2O/c7-31(8,9)25-1-2(26-32(10,11)12)4(28-34(16,17)18)6(30-36(22,23)24)5(29-35(19,20)21)3(1)27-33(13,14)15;2-1(3)4/h1-6H,(H2,7,8,9)(H2,10,11,12)(H2,13,14,15)(H2,16,17,18)(H2,19,20,21)(H2,22,23,24);(H4,2,3,4). The van der Waals surface area contributed by atoms with Gasteiger partial charge in [0.1, 0.15) is 36.6 Å². The quantitative estimate of drug-likeness (QED) is 0.0852.